The SMILES string of the molecule is CCC1CCCN(c2nc3c(cc2C#N)CCC3)C1. The molecule has 3 heteroatoms. The quantitative estimate of drug-likeness (QED) is 0.815. The van der Waals surface area contributed by atoms with Crippen LogP contribution < -0.4 is 4.90 Å². The third-order valence-corrected chi connectivity index (χ3v) is 4.55. The van der Waals surface area contributed by atoms with Crippen LogP contribution in [-0.2, 0) is 12.8 Å². The number of nitriles is 1. The largest absolute Gasteiger partial charge is 0.355 e. The van der Waals surface area contributed by atoms with E-state index in [0.717, 1.165) is 43.2 Å². The zero-order valence-corrected chi connectivity index (χ0v) is 11.7. The lowest BCUT2D eigenvalue weighted by molar-refractivity contribution is 0.403. The van der Waals surface area contributed by atoms with E-state index in [1.807, 2.05) is 0 Å². The third kappa shape index (κ3) is 2.32. The van der Waals surface area contributed by atoms with Gasteiger partial charge in [0.1, 0.15) is 11.9 Å². The van der Waals surface area contributed by atoms with Crippen molar-refractivity contribution in [2.24, 2.45) is 5.92 Å². The number of rotatable bonds is 2. The van der Waals surface area contributed by atoms with Gasteiger partial charge in [-0.05, 0) is 49.7 Å². The molecule has 0 aromatic carbocycles. The van der Waals surface area contributed by atoms with E-state index in [2.05, 4.69) is 24.0 Å². The van der Waals surface area contributed by atoms with Crippen LogP contribution in [0.5, 0.6) is 0 Å². The summed E-state index contributed by atoms with van der Waals surface area (Å²) < 4.78 is 0. The maximum Gasteiger partial charge on any atom is 0.146 e. The smallest absolute Gasteiger partial charge is 0.146 e. The summed E-state index contributed by atoms with van der Waals surface area (Å²) in [6.07, 6.45) is 7.13. The van der Waals surface area contributed by atoms with Crippen LogP contribution in [0.4, 0.5) is 5.82 Å². The summed E-state index contributed by atoms with van der Waals surface area (Å²) in [5.74, 6) is 1.71. The molecule has 1 saturated heterocycles. The lowest BCUT2D eigenvalue weighted by atomic mass is 9.95. The summed E-state index contributed by atoms with van der Waals surface area (Å²) in [5, 5.41) is 9.39. The number of piperidine rings is 1. The molecule has 1 unspecified atom stereocenters. The number of anilines is 1. The molecule has 0 amide bonds. The Hall–Kier alpha value is -1.56. The van der Waals surface area contributed by atoms with Gasteiger partial charge >= 0.3 is 0 Å². The molecule has 1 atom stereocenters. The van der Waals surface area contributed by atoms with Crippen LogP contribution in [0.2, 0.25) is 0 Å². The van der Waals surface area contributed by atoms with Gasteiger partial charge in [0.15, 0.2) is 0 Å². The molecule has 0 spiro atoms. The maximum atomic E-state index is 9.39. The fourth-order valence-corrected chi connectivity index (χ4v) is 3.38. The lowest BCUT2D eigenvalue weighted by Gasteiger charge is -2.33. The van der Waals surface area contributed by atoms with Gasteiger partial charge in [0, 0.05) is 18.8 Å². The Labute approximate surface area is 115 Å². The molecule has 2 aliphatic rings. The first-order valence-electron chi connectivity index (χ1n) is 7.49. The summed E-state index contributed by atoms with van der Waals surface area (Å²) in [4.78, 5) is 7.16. The highest BCUT2D eigenvalue weighted by molar-refractivity contribution is 5.57. The van der Waals surface area contributed by atoms with E-state index < -0.39 is 0 Å². The summed E-state index contributed by atoms with van der Waals surface area (Å²) >= 11 is 0. The molecule has 3 nitrogen and oxygen atoms in total. The Kier molecular flexibility index (Phi) is 3.42. The standard InChI is InChI=1S/C16H21N3/c1-2-12-5-4-8-19(11-12)16-14(10-17)9-13-6-3-7-15(13)18-16/h9,12H,2-8,11H2,1H3. The maximum absolute atomic E-state index is 9.39. The van der Waals surface area contributed by atoms with Crippen molar-refractivity contribution in [1.82, 2.24) is 4.98 Å². The minimum absolute atomic E-state index is 0.760. The van der Waals surface area contributed by atoms with Gasteiger partial charge in [-0.1, -0.05) is 13.3 Å². The van der Waals surface area contributed by atoms with Crippen molar-refractivity contribution < 1.29 is 0 Å². The average Bonchev–Trinajstić information content (AvgIpc) is 2.93. The second kappa shape index (κ2) is 5.21. The highest BCUT2D eigenvalue weighted by Crippen LogP contribution is 2.30. The molecule has 1 aromatic rings. The first-order chi connectivity index (χ1) is 9.31. The molecule has 0 saturated carbocycles. The van der Waals surface area contributed by atoms with E-state index in [4.69, 9.17) is 4.98 Å². The predicted molar refractivity (Wildman–Crippen MR) is 76.2 cm³/mol. The normalized spacial score (nSPS) is 22.1. The van der Waals surface area contributed by atoms with Crippen molar-refractivity contribution >= 4 is 5.82 Å². The van der Waals surface area contributed by atoms with Gasteiger partial charge in [-0.25, -0.2) is 4.98 Å². The highest BCUT2D eigenvalue weighted by Gasteiger charge is 2.24. The van der Waals surface area contributed by atoms with Crippen LogP contribution in [-0.4, -0.2) is 18.1 Å². The summed E-state index contributed by atoms with van der Waals surface area (Å²) in [6, 6.07) is 4.43. The zero-order chi connectivity index (χ0) is 13.2. The monoisotopic (exact) mass is 255 g/mol. The first kappa shape index (κ1) is 12.5. The molecular weight excluding hydrogens is 234 g/mol. The van der Waals surface area contributed by atoms with Crippen LogP contribution >= 0.6 is 0 Å². The van der Waals surface area contributed by atoms with Crippen LogP contribution in [0, 0.1) is 17.2 Å². The minimum Gasteiger partial charge on any atom is -0.355 e. The van der Waals surface area contributed by atoms with Crippen LogP contribution in [0.3, 0.4) is 0 Å². The Bertz CT molecular complexity index is 515. The number of pyridine rings is 1. The van der Waals surface area contributed by atoms with E-state index >= 15 is 0 Å². The van der Waals surface area contributed by atoms with E-state index in [1.54, 1.807) is 0 Å². The average molecular weight is 255 g/mol. The Morgan fingerprint density at radius 2 is 2.32 bits per heavy atom. The number of hydrogen-bond donors (Lipinski definition) is 0. The molecular formula is C16H21N3. The third-order valence-electron chi connectivity index (χ3n) is 4.55. The van der Waals surface area contributed by atoms with Gasteiger partial charge < -0.3 is 4.90 Å². The van der Waals surface area contributed by atoms with Crippen molar-refractivity contribution in [3.63, 3.8) is 0 Å². The summed E-state index contributed by atoms with van der Waals surface area (Å²) in [7, 11) is 0. The zero-order valence-electron chi connectivity index (χ0n) is 11.7. The van der Waals surface area contributed by atoms with Crippen molar-refractivity contribution in [2.45, 2.75) is 45.4 Å². The molecule has 0 N–H and O–H groups in total. The molecule has 3 rings (SSSR count). The first-order valence-corrected chi connectivity index (χ1v) is 7.49. The molecule has 0 bridgehead atoms. The summed E-state index contributed by atoms with van der Waals surface area (Å²) in [5.41, 5.74) is 3.30. The number of nitrogens with zero attached hydrogens (tertiary/aromatic N) is 3. The van der Waals surface area contributed by atoms with Gasteiger partial charge in [-0.15, -0.1) is 0 Å². The summed E-state index contributed by atoms with van der Waals surface area (Å²) in [6.45, 7) is 4.38. The fraction of sp³-hybridized carbons (Fsp3) is 0.625. The Morgan fingerprint density at radius 3 is 3.11 bits per heavy atom. The molecule has 1 aromatic heterocycles. The second-order valence-electron chi connectivity index (χ2n) is 5.79. The molecule has 0 radical (unpaired) electrons. The van der Waals surface area contributed by atoms with Gasteiger partial charge in [0.25, 0.3) is 0 Å². The number of hydrogen-bond acceptors (Lipinski definition) is 3. The molecule has 1 aliphatic carbocycles. The van der Waals surface area contributed by atoms with E-state index in [1.165, 1.54) is 36.9 Å². The topological polar surface area (TPSA) is 39.9 Å². The molecule has 1 fully saturated rings. The van der Waals surface area contributed by atoms with E-state index in [-0.39, 0.29) is 0 Å². The van der Waals surface area contributed by atoms with Crippen molar-refractivity contribution in [1.29, 1.82) is 5.26 Å². The predicted octanol–water partition coefficient (Wildman–Crippen LogP) is 3.07. The van der Waals surface area contributed by atoms with Gasteiger partial charge in [-0.2, -0.15) is 5.26 Å². The molecule has 19 heavy (non-hydrogen) atoms. The fourth-order valence-electron chi connectivity index (χ4n) is 3.38. The number of aromatic nitrogens is 1. The van der Waals surface area contributed by atoms with E-state index in [0.29, 0.717) is 0 Å². The second-order valence-corrected chi connectivity index (χ2v) is 5.79. The minimum atomic E-state index is 0.760. The van der Waals surface area contributed by atoms with Gasteiger partial charge in [0.05, 0.1) is 5.56 Å². The molecule has 2 heterocycles. The van der Waals surface area contributed by atoms with Crippen molar-refractivity contribution in [3.05, 3.63) is 22.9 Å². The molecule has 1 aliphatic heterocycles. The van der Waals surface area contributed by atoms with E-state index in [9.17, 15) is 5.26 Å². The van der Waals surface area contributed by atoms with Crippen LogP contribution in [0.25, 0.3) is 0 Å². The van der Waals surface area contributed by atoms with Crippen LogP contribution in [0.15, 0.2) is 6.07 Å². The van der Waals surface area contributed by atoms with Gasteiger partial charge in [-0.3, -0.25) is 0 Å². The Balaban J connectivity index is 1.93. The molecule has 100 valence electrons. The number of aryl methyl sites for hydroxylation is 2. The highest BCUT2D eigenvalue weighted by atomic mass is 15.2. The Morgan fingerprint density at radius 1 is 1.42 bits per heavy atom. The van der Waals surface area contributed by atoms with Crippen LogP contribution in [0.1, 0.15) is 49.4 Å². The van der Waals surface area contributed by atoms with Crippen molar-refractivity contribution in [2.75, 3.05) is 18.0 Å². The lowest BCUT2D eigenvalue weighted by Crippen LogP contribution is -2.36. The van der Waals surface area contributed by atoms with Crippen molar-refractivity contribution in [3.8, 4) is 6.07 Å². The number of fused-ring (bicyclic) bond motifs is 1. The van der Waals surface area contributed by atoms with Gasteiger partial charge in [0.2, 0.25) is 0 Å².